The quantitative estimate of drug-likeness (QED) is 0.108. The molecule has 4 rings (SSSR count). The number of carbonyl (C=O) groups is 1. The highest BCUT2D eigenvalue weighted by Crippen LogP contribution is 2.24. The van der Waals surface area contributed by atoms with Crippen molar-refractivity contribution in [3.63, 3.8) is 0 Å². The summed E-state index contributed by atoms with van der Waals surface area (Å²) in [7, 11) is 0. The Hall–Kier alpha value is -5.18. The van der Waals surface area contributed by atoms with Crippen molar-refractivity contribution in [3.8, 4) is 11.3 Å². The summed E-state index contributed by atoms with van der Waals surface area (Å²) in [6, 6.07) is 22.7. The second-order valence-electron chi connectivity index (χ2n) is 10.1. The molecule has 3 aromatic carbocycles. The van der Waals surface area contributed by atoms with Crippen LogP contribution in [0.15, 0.2) is 89.9 Å². The highest BCUT2D eigenvalue weighted by atomic mass is 16.2. The molecule has 9 nitrogen and oxygen atoms in total. The number of anilines is 2. The fraction of sp³-hybridized carbons (Fsp3) is 0.188. The molecule has 1 heterocycles. The molecule has 1 aromatic heterocycles. The van der Waals surface area contributed by atoms with Gasteiger partial charge in [0.05, 0.1) is 11.9 Å². The van der Waals surface area contributed by atoms with Crippen molar-refractivity contribution in [1.82, 2.24) is 14.9 Å². The monoisotopic (exact) mass is 549 g/mol. The van der Waals surface area contributed by atoms with Gasteiger partial charge in [-0.2, -0.15) is 0 Å². The Morgan fingerprint density at radius 1 is 1.05 bits per heavy atom. The second-order valence-corrected chi connectivity index (χ2v) is 10.1. The zero-order valence-corrected chi connectivity index (χ0v) is 23.2. The first kappa shape index (κ1) is 28.8. The van der Waals surface area contributed by atoms with E-state index >= 15 is 0 Å². The van der Waals surface area contributed by atoms with E-state index in [4.69, 9.17) is 16.9 Å². The second kappa shape index (κ2) is 13.3. The number of amides is 1. The van der Waals surface area contributed by atoms with E-state index in [2.05, 4.69) is 33.8 Å². The molecule has 0 atom stereocenters. The van der Waals surface area contributed by atoms with Crippen LogP contribution in [-0.2, 0) is 24.3 Å². The van der Waals surface area contributed by atoms with Crippen molar-refractivity contribution in [3.05, 3.63) is 118 Å². The van der Waals surface area contributed by atoms with Crippen LogP contribution in [0.3, 0.4) is 0 Å². The molecule has 0 spiro atoms. The zero-order valence-electron chi connectivity index (χ0n) is 23.2. The van der Waals surface area contributed by atoms with Crippen LogP contribution in [0.4, 0.5) is 11.5 Å². The molecule has 0 aliphatic heterocycles. The molecule has 0 aliphatic carbocycles. The highest BCUT2D eigenvalue weighted by Gasteiger charge is 2.16. The Balaban J connectivity index is 1.60. The molecule has 41 heavy (non-hydrogen) atoms. The van der Waals surface area contributed by atoms with Crippen molar-refractivity contribution in [2.45, 2.75) is 39.4 Å². The third kappa shape index (κ3) is 7.92. The molecule has 0 aliphatic rings. The van der Waals surface area contributed by atoms with Crippen molar-refractivity contribution < 1.29 is 4.79 Å². The van der Waals surface area contributed by atoms with Crippen LogP contribution < -0.4 is 27.7 Å². The Bertz CT molecular complexity index is 1610. The lowest BCUT2D eigenvalue weighted by Gasteiger charge is -2.17. The summed E-state index contributed by atoms with van der Waals surface area (Å²) in [6.07, 6.45) is 6.41. The number of benzene rings is 3. The van der Waals surface area contributed by atoms with Crippen LogP contribution in [0.1, 0.15) is 36.1 Å². The number of nitrogens with one attached hydrogen (secondary N) is 3. The topological polar surface area (TPSA) is 152 Å². The molecule has 0 saturated carbocycles. The first-order chi connectivity index (χ1) is 19.7. The summed E-state index contributed by atoms with van der Waals surface area (Å²) in [4.78, 5) is 30.9. The van der Waals surface area contributed by atoms with Gasteiger partial charge in [-0.05, 0) is 55.2 Å². The molecule has 0 radical (unpaired) electrons. The van der Waals surface area contributed by atoms with E-state index in [0.717, 1.165) is 17.5 Å². The van der Waals surface area contributed by atoms with Gasteiger partial charge in [-0.3, -0.25) is 19.6 Å². The molecule has 0 unspecified atom stereocenters. The summed E-state index contributed by atoms with van der Waals surface area (Å²) in [5.74, 6) is -0.187. The number of nitrogens with zero attached hydrogens (tertiary/aromatic N) is 2. The van der Waals surface area contributed by atoms with E-state index in [-0.39, 0.29) is 36.7 Å². The maximum Gasteiger partial charge on any atom is 0.294 e. The number of rotatable bonds is 11. The molecule has 9 heteroatoms. The van der Waals surface area contributed by atoms with E-state index in [0.29, 0.717) is 22.5 Å². The Morgan fingerprint density at radius 3 is 2.46 bits per heavy atom. The number of amidine groups is 1. The third-order valence-corrected chi connectivity index (χ3v) is 6.32. The molecule has 4 aromatic rings. The van der Waals surface area contributed by atoms with Crippen LogP contribution in [0.25, 0.3) is 17.3 Å². The minimum absolute atomic E-state index is 0.0185. The minimum atomic E-state index is -0.402. The lowest BCUT2D eigenvalue weighted by Crippen LogP contribution is -2.35. The van der Waals surface area contributed by atoms with Crippen molar-refractivity contribution >= 4 is 29.3 Å². The fourth-order valence-corrected chi connectivity index (χ4v) is 4.32. The number of nitrogen functional groups attached to an aromatic ring is 2. The lowest BCUT2D eigenvalue weighted by molar-refractivity contribution is -0.121. The average Bonchev–Trinajstić information content (AvgIpc) is 2.94. The minimum Gasteiger partial charge on any atom is -0.399 e. The van der Waals surface area contributed by atoms with Crippen molar-refractivity contribution in [1.29, 1.82) is 5.41 Å². The predicted molar refractivity (Wildman–Crippen MR) is 166 cm³/mol. The SMILES string of the molecule is CC(C)Nc1ncc(-c2cc(N)cc(C=CCc3ccccc3)c2)n(CC(=O)NCc2ccc(C(=N)N)cc2)c1=O. The Kier molecular flexibility index (Phi) is 9.32. The van der Waals surface area contributed by atoms with Gasteiger partial charge in [-0.1, -0.05) is 66.7 Å². The van der Waals surface area contributed by atoms with Gasteiger partial charge in [0.15, 0.2) is 5.82 Å². The van der Waals surface area contributed by atoms with Crippen molar-refractivity contribution in [2.24, 2.45) is 5.73 Å². The van der Waals surface area contributed by atoms with Gasteiger partial charge >= 0.3 is 0 Å². The van der Waals surface area contributed by atoms with Gasteiger partial charge in [0.25, 0.3) is 5.56 Å². The Labute approximate surface area is 239 Å². The van der Waals surface area contributed by atoms with E-state index in [1.54, 1.807) is 36.5 Å². The van der Waals surface area contributed by atoms with Crippen LogP contribution >= 0.6 is 0 Å². The summed E-state index contributed by atoms with van der Waals surface area (Å²) in [5, 5.41) is 13.5. The normalized spacial score (nSPS) is 11.1. The van der Waals surface area contributed by atoms with Crippen LogP contribution in [0.2, 0.25) is 0 Å². The molecule has 1 amide bonds. The fourth-order valence-electron chi connectivity index (χ4n) is 4.32. The maximum atomic E-state index is 13.5. The van der Waals surface area contributed by atoms with Crippen LogP contribution in [0.5, 0.6) is 0 Å². The highest BCUT2D eigenvalue weighted by molar-refractivity contribution is 5.94. The van der Waals surface area contributed by atoms with Gasteiger partial charge in [0.1, 0.15) is 12.4 Å². The molecule has 0 saturated heterocycles. The van der Waals surface area contributed by atoms with Crippen LogP contribution in [0, 0.1) is 5.41 Å². The van der Waals surface area contributed by atoms with Gasteiger partial charge < -0.3 is 22.1 Å². The molecular formula is C32H35N7O2. The zero-order chi connectivity index (χ0) is 29.4. The van der Waals surface area contributed by atoms with E-state index < -0.39 is 5.56 Å². The summed E-state index contributed by atoms with van der Waals surface area (Å²) < 4.78 is 1.41. The smallest absolute Gasteiger partial charge is 0.294 e. The number of hydrogen-bond acceptors (Lipinski definition) is 6. The van der Waals surface area contributed by atoms with E-state index in [1.807, 2.05) is 50.3 Å². The van der Waals surface area contributed by atoms with Gasteiger partial charge in [-0.25, -0.2) is 4.98 Å². The van der Waals surface area contributed by atoms with Gasteiger partial charge in [0.2, 0.25) is 5.91 Å². The predicted octanol–water partition coefficient (Wildman–Crippen LogP) is 4.17. The van der Waals surface area contributed by atoms with Crippen molar-refractivity contribution in [2.75, 3.05) is 11.1 Å². The molecule has 210 valence electrons. The van der Waals surface area contributed by atoms with Gasteiger partial charge in [-0.15, -0.1) is 0 Å². The molecular weight excluding hydrogens is 514 g/mol. The standard InChI is InChI=1S/C32H35N7O2/c1-21(2)38-31-32(41)39(20-29(40)36-18-23-11-13-25(14-12-23)30(34)35)28(19-37-31)26-15-24(16-27(33)17-26)10-6-9-22-7-4-3-5-8-22/h3-8,10-17,19,21H,9,18,20,33H2,1-2H3,(H3,34,35)(H,36,40)(H,37,38). The summed E-state index contributed by atoms with van der Waals surface area (Å²) in [6.45, 7) is 3.88. The third-order valence-electron chi connectivity index (χ3n) is 6.32. The molecule has 0 bridgehead atoms. The number of allylic oxidation sites excluding steroid dienone is 1. The summed E-state index contributed by atoms with van der Waals surface area (Å²) >= 11 is 0. The summed E-state index contributed by atoms with van der Waals surface area (Å²) in [5.41, 5.74) is 16.6. The lowest BCUT2D eigenvalue weighted by atomic mass is 10.0. The Morgan fingerprint density at radius 2 is 1.78 bits per heavy atom. The maximum absolute atomic E-state index is 13.5. The first-order valence-corrected chi connectivity index (χ1v) is 13.4. The molecule has 0 fully saturated rings. The van der Waals surface area contributed by atoms with Crippen LogP contribution in [-0.4, -0.2) is 27.3 Å². The molecule has 7 N–H and O–H groups in total. The average molecular weight is 550 g/mol. The van der Waals surface area contributed by atoms with E-state index in [9.17, 15) is 9.59 Å². The number of aromatic nitrogens is 2. The first-order valence-electron chi connectivity index (χ1n) is 13.4. The number of hydrogen-bond donors (Lipinski definition) is 5. The van der Waals surface area contributed by atoms with Gasteiger partial charge in [0, 0.05) is 29.4 Å². The number of carbonyl (C=O) groups excluding carboxylic acids is 1. The van der Waals surface area contributed by atoms with E-state index in [1.165, 1.54) is 10.1 Å². The number of nitrogens with two attached hydrogens (primary N) is 2. The largest absolute Gasteiger partial charge is 0.399 e.